The van der Waals surface area contributed by atoms with Crippen molar-refractivity contribution in [2.24, 2.45) is 5.10 Å². The van der Waals surface area contributed by atoms with Crippen LogP contribution in [-0.2, 0) is 0 Å². The van der Waals surface area contributed by atoms with E-state index in [1.54, 1.807) is 24.4 Å². The molecule has 0 saturated carbocycles. The van der Waals surface area contributed by atoms with Crippen LogP contribution in [0, 0.1) is 3.57 Å². The van der Waals surface area contributed by atoms with Crippen molar-refractivity contribution in [3.05, 3.63) is 68.3 Å². The van der Waals surface area contributed by atoms with Crippen molar-refractivity contribution < 1.29 is 4.79 Å². The number of halogens is 2. The minimum Gasteiger partial charge on any atom is -0.267 e. The van der Waals surface area contributed by atoms with Gasteiger partial charge in [0.1, 0.15) is 0 Å². The number of hydrogen-bond donors (Lipinski definition) is 1. The predicted molar refractivity (Wildman–Crippen MR) is 85.7 cm³/mol. The molecule has 0 spiro atoms. The Morgan fingerprint density at radius 2 is 2.00 bits per heavy atom. The standard InChI is InChI=1S/C14H10ClIN2O/c15-11-5-3-4-10(8-11)9-17-18-14(19)12-6-1-2-7-13(12)16/h1-9H,(H,18,19). The largest absolute Gasteiger partial charge is 0.272 e. The maximum absolute atomic E-state index is 11.9. The van der Waals surface area contributed by atoms with E-state index in [1.807, 2.05) is 30.3 Å². The summed E-state index contributed by atoms with van der Waals surface area (Å²) in [6.45, 7) is 0. The van der Waals surface area contributed by atoms with E-state index in [0.29, 0.717) is 10.6 Å². The summed E-state index contributed by atoms with van der Waals surface area (Å²) in [4.78, 5) is 11.9. The van der Waals surface area contributed by atoms with Crippen LogP contribution in [0.15, 0.2) is 53.6 Å². The Morgan fingerprint density at radius 1 is 1.21 bits per heavy atom. The third-order valence-electron chi connectivity index (χ3n) is 2.35. The second-order valence-corrected chi connectivity index (χ2v) is 5.33. The molecule has 0 saturated heterocycles. The van der Waals surface area contributed by atoms with Crippen molar-refractivity contribution in [1.82, 2.24) is 5.43 Å². The number of hydrazone groups is 1. The average Bonchev–Trinajstić information content (AvgIpc) is 2.39. The quantitative estimate of drug-likeness (QED) is 0.489. The van der Waals surface area contributed by atoms with Crippen molar-refractivity contribution >= 4 is 46.3 Å². The Balaban J connectivity index is 2.03. The summed E-state index contributed by atoms with van der Waals surface area (Å²) in [7, 11) is 0. The summed E-state index contributed by atoms with van der Waals surface area (Å²) in [5.41, 5.74) is 3.92. The smallest absolute Gasteiger partial charge is 0.267 e. The molecule has 0 fully saturated rings. The number of rotatable bonds is 3. The summed E-state index contributed by atoms with van der Waals surface area (Å²) in [6.07, 6.45) is 1.56. The molecule has 3 nitrogen and oxygen atoms in total. The molecule has 1 N–H and O–H groups in total. The molecule has 0 aliphatic carbocycles. The highest BCUT2D eigenvalue weighted by Gasteiger charge is 2.07. The number of hydrogen-bond acceptors (Lipinski definition) is 2. The second kappa shape index (κ2) is 6.68. The molecule has 0 aromatic heterocycles. The molecule has 2 aromatic carbocycles. The van der Waals surface area contributed by atoms with Gasteiger partial charge in [-0.15, -0.1) is 0 Å². The van der Waals surface area contributed by atoms with Gasteiger partial charge in [0.05, 0.1) is 11.8 Å². The second-order valence-electron chi connectivity index (χ2n) is 3.73. The van der Waals surface area contributed by atoms with Gasteiger partial charge >= 0.3 is 0 Å². The zero-order valence-electron chi connectivity index (χ0n) is 9.81. The molecule has 0 atom stereocenters. The number of carbonyl (C=O) groups is 1. The van der Waals surface area contributed by atoms with Gasteiger partial charge in [-0.2, -0.15) is 5.10 Å². The van der Waals surface area contributed by atoms with E-state index in [2.05, 4.69) is 33.1 Å². The Kier molecular flexibility index (Phi) is 4.93. The normalized spacial score (nSPS) is 10.6. The van der Waals surface area contributed by atoms with Crippen LogP contribution in [0.5, 0.6) is 0 Å². The lowest BCUT2D eigenvalue weighted by molar-refractivity contribution is 0.0954. The average molecular weight is 385 g/mol. The van der Waals surface area contributed by atoms with Gasteiger partial charge in [-0.25, -0.2) is 5.43 Å². The summed E-state index contributed by atoms with van der Waals surface area (Å²) >= 11 is 7.97. The number of amides is 1. The lowest BCUT2D eigenvalue weighted by atomic mass is 10.2. The predicted octanol–water partition coefficient (Wildman–Crippen LogP) is 3.71. The van der Waals surface area contributed by atoms with Gasteiger partial charge in [0.15, 0.2) is 0 Å². The molecule has 5 heteroatoms. The van der Waals surface area contributed by atoms with Gasteiger partial charge in [-0.05, 0) is 52.4 Å². The Bertz CT molecular complexity index is 628. The minimum atomic E-state index is -0.233. The molecule has 96 valence electrons. The third kappa shape index (κ3) is 4.04. The molecule has 0 aliphatic heterocycles. The van der Waals surface area contributed by atoms with E-state index in [0.717, 1.165) is 9.13 Å². The molecule has 1 amide bonds. The third-order valence-corrected chi connectivity index (χ3v) is 3.52. The van der Waals surface area contributed by atoms with Gasteiger partial charge in [0.25, 0.3) is 5.91 Å². The van der Waals surface area contributed by atoms with Crippen LogP contribution >= 0.6 is 34.2 Å². The molecule has 0 heterocycles. The molecule has 2 aromatic rings. The van der Waals surface area contributed by atoms with Crippen LogP contribution in [0.2, 0.25) is 5.02 Å². The lowest BCUT2D eigenvalue weighted by Crippen LogP contribution is -2.18. The Hall–Kier alpha value is -1.40. The van der Waals surface area contributed by atoms with Crippen molar-refractivity contribution in [3.8, 4) is 0 Å². The first-order valence-corrected chi connectivity index (χ1v) is 6.96. The number of carbonyl (C=O) groups excluding carboxylic acids is 1. The van der Waals surface area contributed by atoms with E-state index in [-0.39, 0.29) is 5.91 Å². The van der Waals surface area contributed by atoms with E-state index >= 15 is 0 Å². The van der Waals surface area contributed by atoms with Crippen molar-refractivity contribution in [2.75, 3.05) is 0 Å². The van der Waals surface area contributed by atoms with Gasteiger partial charge in [-0.3, -0.25) is 4.79 Å². The minimum absolute atomic E-state index is 0.233. The van der Waals surface area contributed by atoms with Crippen LogP contribution in [-0.4, -0.2) is 12.1 Å². The van der Waals surface area contributed by atoms with Crippen LogP contribution in [0.1, 0.15) is 15.9 Å². The maximum Gasteiger partial charge on any atom is 0.272 e. The number of nitrogens with one attached hydrogen (secondary N) is 1. The fraction of sp³-hybridized carbons (Fsp3) is 0. The molecule has 0 radical (unpaired) electrons. The first-order chi connectivity index (χ1) is 9.16. The molecule has 0 aliphatic rings. The zero-order valence-corrected chi connectivity index (χ0v) is 12.7. The van der Waals surface area contributed by atoms with Crippen molar-refractivity contribution in [3.63, 3.8) is 0 Å². The van der Waals surface area contributed by atoms with Gasteiger partial charge < -0.3 is 0 Å². The van der Waals surface area contributed by atoms with Crippen LogP contribution in [0.25, 0.3) is 0 Å². The molecule has 0 bridgehead atoms. The van der Waals surface area contributed by atoms with E-state index in [9.17, 15) is 4.79 Å². The molecule has 19 heavy (non-hydrogen) atoms. The molecule has 2 rings (SSSR count). The monoisotopic (exact) mass is 384 g/mol. The topological polar surface area (TPSA) is 41.5 Å². The highest BCUT2D eigenvalue weighted by molar-refractivity contribution is 14.1. The van der Waals surface area contributed by atoms with Crippen molar-refractivity contribution in [1.29, 1.82) is 0 Å². The SMILES string of the molecule is O=C(NN=Cc1cccc(Cl)c1)c1ccccc1I. The van der Waals surface area contributed by atoms with Gasteiger partial charge in [0, 0.05) is 8.59 Å². The highest BCUT2D eigenvalue weighted by atomic mass is 127. The van der Waals surface area contributed by atoms with E-state index in [4.69, 9.17) is 11.6 Å². The molecular formula is C14H10ClIN2O. The highest BCUT2D eigenvalue weighted by Crippen LogP contribution is 2.11. The Morgan fingerprint density at radius 3 is 2.74 bits per heavy atom. The lowest BCUT2D eigenvalue weighted by Gasteiger charge is -2.01. The fourth-order valence-corrected chi connectivity index (χ4v) is 2.29. The summed E-state index contributed by atoms with van der Waals surface area (Å²) in [5, 5.41) is 4.55. The summed E-state index contributed by atoms with van der Waals surface area (Å²) in [6, 6.07) is 14.6. The first-order valence-electron chi connectivity index (χ1n) is 5.50. The van der Waals surface area contributed by atoms with Crippen LogP contribution < -0.4 is 5.43 Å². The summed E-state index contributed by atoms with van der Waals surface area (Å²) < 4.78 is 0.885. The fourth-order valence-electron chi connectivity index (χ4n) is 1.46. The Labute approximate surface area is 129 Å². The van der Waals surface area contributed by atoms with Crippen LogP contribution in [0.4, 0.5) is 0 Å². The maximum atomic E-state index is 11.9. The molecular weight excluding hydrogens is 375 g/mol. The molecule has 0 unspecified atom stereocenters. The van der Waals surface area contributed by atoms with Crippen molar-refractivity contribution in [2.45, 2.75) is 0 Å². The van der Waals surface area contributed by atoms with E-state index in [1.165, 1.54) is 0 Å². The first kappa shape index (κ1) is 14.0. The van der Waals surface area contributed by atoms with Crippen LogP contribution in [0.3, 0.4) is 0 Å². The van der Waals surface area contributed by atoms with E-state index < -0.39 is 0 Å². The van der Waals surface area contributed by atoms with Gasteiger partial charge in [-0.1, -0.05) is 35.9 Å². The number of nitrogens with zero attached hydrogens (tertiary/aromatic N) is 1. The number of benzene rings is 2. The zero-order chi connectivity index (χ0) is 13.7. The summed E-state index contributed by atoms with van der Waals surface area (Å²) in [5.74, 6) is -0.233. The van der Waals surface area contributed by atoms with Gasteiger partial charge in [0.2, 0.25) is 0 Å².